The summed E-state index contributed by atoms with van der Waals surface area (Å²) in [7, 11) is 3.02. The van der Waals surface area contributed by atoms with Gasteiger partial charge in [0, 0.05) is 18.7 Å². The topological polar surface area (TPSA) is 67.9 Å². The Hall–Kier alpha value is -2.64. The third-order valence-electron chi connectivity index (χ3n) is 5.48. The number of nitrogens with one attached hydrogen (secondary N) is 1. The SMILES string of the molecule is COc1ccc(Cl)cc1C(=O)N1CCC[C@@H]1C(=O)N[C@@H](C)[C@@H](OC)c1ccc(F)cc1. The molecule has 0 bridgehead atoms. The second-order valence-corrected chi connectivity index (χ2v) is 7.94. The van der Waals surface area contributed by atoms with Gasteiger partial charge in [0.2, 0.25) is 5.91 Å². The number of hydrogen-bond donors (Lipinski definition) is 1. The van der Waals surface area contributed by atoms with Crippen LogP contribution in [0.2, 0.25) is 5.02 Å². The van der Waals surface area contributed by atoms with E-state index < -0.39 is 12.1 Å². The van der Waals surface area contributed by atoms with Crippen molar-refractivity contribution in [2.75, 3.05) is 20.8 Å². The van der Waals surface area contributed by atoms with Crippen molar-refractivity contribution in [3.05, 3.63) is 64.4 Å². The van der Waals surface area contributed by atoms with Crippen LogP contribution >= 0.6 is 11.6 Å². The number of carbonyl (C=O) groups excluding carboxylic acids is 2. The average molecular weight is 449 g/mol. The second-order valence-electron chi connectivity index (χ2n) is 7.51. The van der Waals surface area contributed by atoms with Crippen molar-refractivity contribution < 1.29 is 23.5 Å². The lowest BCUT2D eigenvalue weighted by atomic mass is 10.0. The number of carbonyl (C=O) groups is 2. The zero-order valence-electron chi connectivity index (χ0n) is 17.7. The van der Waals surface area contributed by atoms with Gasteiger partial charge in [0.15, 0.2) is 0 Å². The van der Waals surface area contributed by atoms with E-state index in [1.807, 2.05) is 6.92 Å². The van der Waals surface area contributed by atoms with E-state index in [1.54, 1.807) is 35.2 Å². The van der Waals surface area contributed by atoms with Crippen LogP contribution in [0.3, 0.4) is 0 Å². The molecule has 0 unspecified atom stereocenters. The quantitative estimate of drug-likeness (QED) is 0.695. The van der Waals surface area contributed by atoms with Gasteiger partial charge in [-0.1, -0.05) is 23.7 Å². The molecule has 8 heteroatoms. The number of methoxy groups -OCH3 is 2. The number of amides is 2. The Labute approximate surface area is 186 Å². The van der Waals surface area contributed by atoms with E-state index in [-0.39, 0.29) is 23.7 Å². The standard InChI is InChI=1S/C23H26ClFN2O4/c1-14(21(31-3)15-6-9-17(25)10-7-15)26-22(28)19-5-4-12-27(19)23(29)18-13-16(24)8-11-20(18)30-2/h6-11,13-14,19,21H,4-5,12H2,1-3H3,(H,26,28)/t14-,19+,21+/m0/s1. The summed E-state index contributed by atoms with van der Waals surface area (Å²) in [5.74, 6) is -0.494. The van der Waals surface area contributed by atoms with Gasteiger partial charge >= 0.3 is 0 Å². The van der Waals surface area contributed by atoms with Gasteiger partial charge < -0.3 is 19.7 Å². The summed E-state index contributed by atoms with van der Waals surface area (Å²) in [6.07, 6.45) is 0.817. The van der Waals surface area contributed by atoms with Gasteiger partial charge in [-0.2, -0.15) is 0 Å². The van der Waals surface area contributed by atoms with Crippen molar-refractivity contribution in [3.63, 3.8) is 0 Å². The molecule has 1 fully saturated rings. The fourth-order valence-electron chi connectivity index (χ4n) is 3.96. The fourth-order valence-corrected chi connectivity index (χ4v) is 4.13. The molecular formula is C23H26ClFN2O4. The van der Waals surface area contributed by atoms with E-state index in [4.69, 9.17) is 21.1 Å². The van der Waals surface area contributed by atoms with Crippen molar-refractivity contribution in [2.24, 2.45) is 0 Å². The molecule has 1 saturated heterocycles. The van der Waals surface area contributed by atoms with Crippen LogP contribution in [-0.4, -0.2) is 49.6 Å². The van der Waals surface area contributed by atoms with Gasteiger partial charge in [-0.25, -0.2) is 4.39 Å². The summed E-state index contributed by atoms with van der Waals surface area (Å²) in [5, 5.41) is 3.37. The van der Waals surface area contributed by atoms with Gasteiger partial charge in [-0.05, 0) is 55.7 Å². The summed E-state index contributed by atoms with van der Waals surface area (Å²) in [6, 6.07) is 9.80. The van der Waals surface area contributed by atoms with Crippen LogP contribution in [0.1, 0.15) is 41.8 Å². The molecule has 2 aromatic carbocycles. The molecular weight excluding hydrogens is 423 g/mol. The van der Waals surface area contributed by atoms with Crippen LogP contribution in [0.15, 0.2) is 42.5 Å². The molecule has 0 spiro atoms. The largest absolute Gasteiger partial charge is 0.496 e. The van der Waals surface area contributed by atoms with Gasteiger partial charge in [0.1, 0.15) is 23.7 Å². The number of benzene rings is 2. The third kappa shape index (κ3) is 5.17. The first-order valence-electron chi connectivity index (χ1n) is 10.1. The minimum absolute atomic E-state index is 0.261. The predicted molar refractivity (Wildman–Crippen MR) is 116 cm³/mol. The highest BCUT2D eigenvalue weighted by molar-refractivity contribution is 6.31. The molecule has 0 radical (unpaired) electrons. The minimum atomic E-state index is -0.607. The summed E-state index contributed by atoms with van der Waals surface area (Å²) in [6.45, 7) is 2.28. The lowest BCUT2D eigenvalue weighted by Crippen LogP contribution is -2.49. The molecule has 0 saturated carbocycles. The van der Waals surface area contributed by atoms with Crippen LogP contribution in [0.5, 0.6) is 5.75 Å². The molecule has 1 N–H and O–H groups in total. The first kappa shape index (κ1) is 23.0. The molecule has 1 heterocycles. The molecule has 31 heavy (non-hydrogen) atoms. The summed E-state index contributed by atoms with van der Waals surface area (Å²) < 4.78 is 24.1. The normalized spacial score (nSPS) is 17.8. The lowest BCUT2D eigenvalue weighted by Gasteiger charge is -2.29. The van der Waals surface area contributed by atoms with Gasteiger partial charge in [-0.15, -0.1) is 0 Å². The Bertz CT molecular complexity index is 938. The maximum absolute atomic E-state index is 13.2. The zero-order valence-corrected chi connectivity index (χ0v) is 18.5. The molecule has 3 atom stereocenters. The monoisotopic (exact) mass is 448 g/mol. The van der Waals surface area contributed by atoms with E-state index >= 15 is 0 Å². The summed E-state index contributed by atoms with van der Waals surface area (Å²) in [5.41, 5.74) is 1.07. The van der Waals surface area contributed by atoms with E-state index in [0.717, 1.165) is 5.56 Å². The minimum Gasteiger partial charge on any atom is -0.496 e. The first-order chi connectivity index (χ1) is 14.8. The number of nitrogens with zero attached hydrogens (tertiary/aromatic N) is 1. The highest BCUT2D eigenvalue weighted by atomic mass is 35.5. The van der Waals surface area contributed by atoms with Gasteiger partial charge in [0.05, 0.1) is 18.7 Å². The molecule has 1 aliphatic heterocycles. The molecule has 3 rings (SSSR count). The molecule has 0 aromatic heterocycles. The van der Waals surface area contributed by atoms with E-state index in [0.29, 0.717) is 35.7 Å². The summed E-state index contributed by atoms with van der Waals surface area (Å²) >= 11 is 6.07. The Morgan fingerprint density at radius 3 is 2.55 bits per heavy atom. The average Bonchev–Trinajstić information content (AvgIpc) is 3.25. The van der Waals surface area contributed by atoms with Crippen LogP contribution in [0.4, 0.5) is 4.39 Å². The second kappa shape index (κ2) is 10.1. The van der Waals surface area contributed by atoms with Crippen molar-refractivity contribution >= 4 is 23.4 Å². The fraction of sp³-hybridized carbons (Fsp3) is 0.391. The van der Waals surface area contributed by atoms with Crippen LogP contribution < -0.4 is 10.1 Å². The van der Waals surface area contributed by atoms with Crippen LogP contribution in [0.25, 0.3) is 0 Å². The first-order valence-corrected chi connectivity index (χ1v) is 10.5. The maximum atomic E-state index is 13.2. The van der Waals surface area contributed by atoms with Crippen molar-refractivity contribution in [1.82, 2.24) is 10.2 Å². The third-order valence-corrected chi connectivity index (χ3v) is 5.72. The van der Waals surface area contributed by atoms with E-state index in [2.05, 4.69) is 5.32 Å². The van der Waals surface area contributed by atoms with Crippen molar-refractivity contribution in [2.45, 2.75) is 38.0 Å². The van der Waals surface area contributed by atoms with E-state index in [9.17, 15) is 14.0 Å². The predicted octanol–water partition coefficient (Wildman–Crippen LogP) is 3.98. The maximum Gasteiger partial charge on any atom is 0.258 e. The van der Waals surface area contributed by atoms with Crippen molar-refractivity contribution in [3.8, 4) is 5.75 Å². The van der Waals surface area contributed by atoms with Crippen LogP contribution in [0, 0.1) is 5.82 Å². The number of hydrogen-bond acceptors (Lipinski definition) is 4. The Balaban J connectivity index is 1.74. The van der Waals surface area contributed by atoms with Crippen LogP contribution in [-0.2, 0) is 9.53 Å². The number of ether oxygens (including phenoxy) is 2. The molecule has 6 nitrogen and oxygen atoms in total. The highest BCUT2D eigenvalue weighted by Crippen LogP contribution is 2.28. The summed E-state index contributed by atoms with van der Waals surface area (Å²) in [4.78, 5) is 27.8. The highest BCUT2D eigenvalue weighted by Gasteiger charge is 2.36. The molecule has 166 valence electrons. The molecule has 2 aromatic rings. The zero-order chi connectivity index (χ0) is 22.5. The smallest absolute Gasteiger partial charge is 0.258 e. The van der Waals surface area contributed by atoms with E-state index in [1.165, 1.54) is 26.4 Å². The van der Waals surface area contributed by atoms with Crippen molar-refractivity contribution in [1.29, 1.82) is 0 Å². The van der Waals surface area contributed by atoms with Gasteiger partial charge in [-0.3, -0.25) is 9.59 Å². The number of halogens is 2. The Morgan fingerprint density at radius 1 is 1.19 bits per heavy atom. The molecule has 0 aliphatic carbocycles. The lowest BCUT2D eigenvalue weighted by molar-refractivity contribution is -0.126. The Morgan fingerprint density at radius 2 is 1.90 bits per heavy atom. The number of likely N-dealkylation sites (tertiary alicyclic amines) is 1. The Kier molecular flexibility index (Phi) is 7.51. The molecule has 1 aliphatic rings. The number of rotatable bonds is 7. The molecule has 2 amide bonds. The van der Waals surface area contributed by atoms with Gasteiger partial charge in [0.25, 0.3) is 5.91 Å².